The van der Waals surface area contributed by atoms with E-state index in [4.69, 9.17) is 17.2 Å². The van der Waals surface area contributed by atoms with Crippen LogP contribution in [0.15, 0.2) is 35.3 Å². The summed E-state index contributed by atoms with van der Waals surface area (Å²) in [6.07, 6.45) is -4.89. The number of guanidine groups is 1. The summed E-state index contributed by atoms with van der Waals surface area (Å²) < 4.78 is 0. The van der Waals surface area contributed by atoms with Crippen LogP contribution in [0, 0.1) is 28.6 Å². The fourth-order valence-corrected chi connectivity index (χ4v) is 9.59. The maximum Gasteiger partial charge on any atom is 0.245 e. The van der Waals surface area contributed by atoms with Crippen LogP contribution >= 0.6 is 0 Å². The van der Waals surface area contributed by atoms with E-state index >= 15 is 4.79 Å². The Morgan fingerprint density at radius 1 is 0.622 bits per heavy atom. The van der Waals surface area contributed by atoms with Gasteiger partial charge < -0.3 is 96.1 Å². The van der Waals surface area contributed by atoms with E-state index in [1.807, 2.05) is 20.8 Å². The minimum Gasteiger partial charge on any atom is -0.394 e. The van der Waals surface area contributed by atoms with Crippen LogP contribution in [0.4, 0.5) is 0 Å². The monoisotopic (exact) mass is 1270 g/mol. The van der Waals surface area contributed by atoms with Gasteiger partial charge in [-0.25, -0.2) is 0 Å². The highest BCUT2D eigenvalue weighted by molar-refractivity contribution is 6.00. The third kappa shape index (κ3) is 26.5. The lowest BCUT2D eigenvalue weighted by Gasteiger charge is -2.35. The molecule has 0 radical (unpaired) electrons. The molecular formula is C60H103N15O15. The summed E-state index contributed by atoms with van der Waals surface area (Å²) in [6, 6.07) is -10.8. The van der Waals surface area contributed by atoms with Gasteiger partial charge in [-0.2, -0.15) is 0 Å². The van der Waals surface area contributed by atoms with Crippen LogP contribution in [0.25, 0.3) is 0 Å². The second-order valence-corrected chi connectivity index (χ2v) is 26.3. The number of benzene rings is 1. The summed E-state index contributed by atoms with van der Waals surface area (Å²) in [5.41, 5.74) is 16.5. The van der Waals surface area contributed by atoms with Crippen molar-refractivity contribution in [2.45, 2.75) is 220 Å². The number of rotatable bonds is 20. The number of carbonyl (C=O) groups is 11. The average molecular weight is 1270 g/mol. The Morgan fingerprint density at radius 2 is 1.12 bits per heavy atom. The van der Waals surface area contributed by atoms with Gasteiger partial charge in [0.05, 0.1) is 43.5 Å². The lowest BCUT2D eigenvalue weighted by Crippen LogP contribution is -2.65. The van der Waals surface area contributed by atoms with Gasteiger partial charge in [-0.15, -0.1) is 0 Å². The third-order valence-corrected chi connectivity index (χ3v) is 14.7. The molecule has 90 heavy (non-hydrogen) atoms. The van der Waals surface area contributed by atoms with Crippen LogP contribution in [0.1, 0.15) is 147 Å². The summed E-state index contributed by atoms with van der Waals surface area (Å²) in [6.45, 7) is 20.9. The van der Waals surface area contributed by atoms with E-state index in [0.29, 0.717) is 0 Å². The minimum absolute atomic E-state index is 0.0241. The van der Waals surface area contributed by atoms with Crippen LogP contribution in [-0.4, -0.2) is 190 Å². The fourth-order valence-electron chi connectivity index (χ4n) is 9.59. The Morgan fingerprint density at radius 3 is 1.64 bits per heavy atom. The van der Waals surface area contributed by atoms with Crippen LogP contribution in [0.5, 0.6) is 0 Å². The predicted octanol–water partition coefficient (Wildman–Crippen LogP) is -3.55. The van der Waals surface area contributed by atoms with Crippen molar-refractivity contribution in [3.8, 4) is 0 Å². The average Bonchev–Trinajstić information content (AvgIpc) is 0.859. The molecule has 1 unspecified atom stereocenters. The SMILES string of the molecule is CC[C@H](C)[C@@H]1NC(=O)[C@@H](CCCN=C(N)N)NC(=O)[C@H](CC(C)C)NC(=O)[C@H]([C@H](O)C(C)C)NC(=O)[C@@H](NC(=O)[C@H](CC(C)(C)C)NC(=O)[C@H](N)CC(C)(C)C)[C@@H](c2ccccc2)NC(=O)[C@H](CO)NC(=O)C([C@H](C)O)NC(=O)CNC(=O)[C@H]([C@H](C)O)NC1=O. The van der Waals surface area contributed by atoms with Crippen LogP contribution < -0.4 is 75.7 Å². The number of carbonyl (C=O) groups excluding carboxylic acids is 11. The maximum absolute atomic E-state index is 15.5. The summed E-state index contributed by atoms with van der Waals surface area (Å²) in [5.74, 6) is -13.7. The quantitative estimate of drug-likeness (QED) is 0.0341. The number of nitrogens with two attached hydrogens (primary N) is 3. The molecule has 1 heterocycles. The molecule has 1 aliphatic rings. The van der Waals surface area contributed by atoms with Crippen molar-refractivity contribution in [2.24, 2.45) is 50.8 Å². The highest BCUT2D eigenvalue weighted by atomic mass is 16.3. The number of nitrogens with one attached hydrogen (secondary N) is 11. The first-order valence-electron chi connectivity index (χ1n) is 30.5. The first-order chi connectivity index (χ1) is 41.7. The molecule has 0 saturated carbocycles. The number of amides is 11. The fraction of sp³-hybridized carbons (Fsp3) is 0.700. The molecule has 0 aromatic heterocycles. The standard InChI is InChI=1S/C60H103N15O15/c1-15-31(6)41-54(87)72-42(32(7)77)53(86)65-27-40(79)70-43(33(8)78)55(88)69-39(28-76)52(85)73-44(34-20-17-16-18-21-34)45(74-51(84)38(26-60(12,13)14)68-48(81)35(61)25-59(9,10)11)56(89)75-46(47(80)30(4)5)57(90)67-37(24-29(2)3)50(83)66-36(49(82)71-41)22-19-23-64-58(62)63/h16-18,20-21,29-33,35-39,41-47,76-78,80H,15,19,22-28,61H2,1-14H3,(H,65,86)(H,66,83)(H,67,90)(H,68,81)(H,69,88)(H,70,79)(H,71,82)(H,72,87)(H,73,85)(H,74,84)(H,75,89)(H4,62,63,64)/t31-,32-,33-,35+,36+,37-,38-,39-,41-,42-,43?,44+,45-,46-,47+/m0/s1. The van der Waals surface area contributed by atoms with E-state index < -0.39 is 186 Å². The molecular weight excluding hydrogens is 1170 g/mol. The Bertz CT molecular complexity index is 2620. The molecule has 508 valence electrons. The largest absolute Gasteiger partial charge is 0.394 e. The van der Waals surface area contributed by atoms with Crippen LogP contribution in [-0.2, 0) is 52.7 Å². The van der Waals surface area contributed by atoms with Crippen molar-refractivity contribution in [3.63, 3.8) is 0 Å². The first-order valence-corrected chi connectivity index (χ1v) is 30.5. The highest BCUT2D eigenvalue weighted by Gasteiger charge is 2.43. The van der Waals surface area contributed by atoms with Crippen molar-refractivity contribution in [2.75, 3.05) is 19.7 Å². The zero-order valence-electron chi connectivity index (χ0n) is 54.5. The van der Waals surface area contributed by atoms with E-state index in [1.54, 1.807) is 54.5 Å². The zero-order valence-corrected chi connectivity index (χ0v) is 54.5. The van der Waals surface area contributed by atoms with Gasteiger partial charge in [-0.1, -0.05) is 120 Å². The highest BCUT2D eigenvalue weighted by Crippen LogP contribution is 2.25. The Balaban J connectivity index is 3.12. The molecule has 1 saturated heterocycles. The number of aliphatic imine (C=N–C) groups is 1. The van der Waals surface area contributed by atoms with Crippen molar-refractivity contribution in [1.82, 2.24) is 58.5 Å². The van der Waals surface area contributed by atoms with Crippen LogP contribution in [0.2, 0.25) is 0 Å². The number of aliphatic hydroxyl groups is 4. The Labute approximate surface area is 527 Å². The molecule has 11 amide bonds. The number of aliphatic hydroxyl groups excluding tert-OH is 4. The van der Waals surface area contributed by atoms with Crippen molar-refractivity contribution in [3.05, 3.63) is 35.9 Å². The molecule has 0 bridgehead atoms. The van der Waals surface area contributed by atoms with Gasteiger partial charge in [-0.3, -0.25) is 57.7 Å². The lowest BCUT2D eigenvalue weighted by molar-refractivity contribution is -0.139. The minimum atomic E-state index is -2.04. The van der Waals surface area contributed by atoms with Crippen molar-refractivity contribution in [1.29, 1.82) is 0 Å². The van der Waals surface area contributed by atoms with Crippen molar-refractivity contribution < 1.29 is 73.2 Å². The smallest absolute Gasteiger partial charge is 0.245 e. The second-order valence-electron chi connectivity index (χ2n) is 26.3. The van der Waals surface area contributed by atoms with Gasteiger partial charge in [0.1, 0.15) is 54.4 Å². The second kappa shape index (κ2) is 36.3. The summed E-state index contributed by atoms with van der Waals surface area (Å²) in [4.78, 5) is 162. The molecule has 30 heteroatoms. The molecule has 0 spiro atoms. The maximum atomic E-state index is 15.5. The van der Waals surface area contributed by atoms with E-state index in [0.717, 1.165) is 13.8 Å². The van der Waals surface area contributed by atoms with Crippen molar-refractivity contribution >= 4 is 70.9 Å². The third-order valence-electron chi connectivity index (χ3n) is 14.7. The molecule has 15 atom stereocenters. The zero-order chi connectivity index (χ0) is 68.7. The number of nitrogens with zero attached hydrogens (tertiary/aromatic N) is 1. The lowest BCUT2D eigenvalue weighted by atomic mass is 9.86. The van der Waals surface area contributed by atoms with Gasteiger partial charge in [0.25, 0.3) is 0 Å². The first kappa shape index (κ1) is 78.6. The summed E-state index contributed by atoms with van der Waals surface area (Å²) >= 11 is 0. The van der Waals surface area contributed by atoms with E-state index in [-0.39, 0.29) is 62.5 Å². The molecule has 1 fully saturated rings. The Kier molecular flexibility index (Phi) is 31.7. The van der Waals surface area contributed by atoms with Crippen LogP contribution in [0.3, 0.4) is 0 Å². The topological polar surface area (TPSA) is 491 Å². The molecule has 1 aromatic carbocycles. The van der Waals surface area contributed by atoms with E-state index in [1.165, 1.54) is 38.1 Å². The van der Waals surface area contributed by atoms with Gasteiger partial charge in [-0.05, 0) is 80.1 Å². The van der Waals surface area contributed by atoms with E-state index in [2.05, 4.69) is 63.5 Å². The molecule has 0 aliphatic carbocycles. The number of hydrogen-bond donors (Lipinski definition) is 18. The summed E-state index contributed by atoms with van der Waals surface area (Å²) in [5, 5.41) is 71.8. The molecule has 30 nitrogen and oxygen atoms in total. The van der Waals surface area contributed by atoms with Gasteiger partial charge >= 0.3 is 0 Å². The summed E-state index contributed by atoms with van der Waals surface area (Å²) in [7, 11) is 0. The molecule has 2 rings (SSSR count). The Hall–Kier alpha value is -7.54. The van der Waals surface area contributed by atoms with Gasteiger partial charge in [0.15, 0.2) is 5.96 Å². The molecule has 1 aliphatic heterocycles. The molecule has 21 N–H and O–H groups in total. The normalized spacial score (nSPS) is 25.0. The van der Waals surface area contributed by atoms with E-state index in [9.17, 15) is 68.4 Å². The number of hydrogen-bond acceptors (Lipinski definition) is 17. The molecule has 1 aromatic rings. The predicted molar refractivity (Wildman–Crippen MR) is 334 cm³/mol. The van der Waals surface area contributed by atoms with Gasteiger partial charge in [0.2, 0.25) is 65.0 Å². The van der Waals surface area contributed by atoms with Gasteiger partial charge in [0, 0.05) is 6.54 Å².